The minimum atomic E-state index is -1.14. The van der Waals surface area contributed by atoms with Crippen molar-refractivity contribution in [1.82, 2.24) is 15.1 Å². The number of nitrogens with zero attached hydrogens (tertiary/aromatic N) is 2. The van der Waals surface area contributed by atoms with Crippen LogP contribution < -0.4 is 10.6 Å². The van der Waals surface area contributed by atoms with Crippen molar-refractivity contribution < 1.29 is 19.1 Å². The van der Waals surface area contributed by atoms with Crippen molar-refractivity contribution in [1.29, 1.82) is 0 Å². The van der Waals surface area contributed by atoms with Crippen molar-refractivity contribution in [2.24, 2.45) is 23.7 Å². The maximum atomic E-state index is 14.2. The summed E-state index contributed by atoms with van der Waals surface area (Å²) in [6.07, 6.45) is 8.42. The van der Waals surface area contributed by atoms with Crippen LogP contribution in [0.1, 0.15) is 47.0 Å². The van der Waals surface area contributed by atoms with Crippen molar-refractivity contribution in [3.63, 3.8) is 0 Å². The Balaban J connectivity index is 1.43. The number of thioether (sulfide) groups is 1. The van der Waals surface area contributed by atoms with E-state index in [0.717, 1.165) is 30.8 Å². The number of benzene rings is 1. The maximum Gasteiger partial charge on any atom is 0.246 e. The lowest BCUT2D eigenvalue weighted by Gasteiger charge is -2.38. The van der Waals surface area contributed by atoms with Crippen molar-refractivity contribution in [2.75, 3.05) is 37.8 Å². The van der Waals surface area contributed by atoms with E-state index in [-0.39, 0.29) is 23.8 Å². The van der Waals surface area contributed by atoms with Crippen LogP contribution in [0.15, 0.2) is 41.3 Å². The van der Waals surface area contributed by atoms with E-state index in [1.165, 1.54) is 6.42 Å². The van der Waals surface area contributed by atoms with Gasteiger partial charge in [0.2, 0.25) is 17.7 Å². The van der Waals surface area contributed by atoms with E-state index < -0.39 is 29.6 Å². The Morgan fingerprint density at radius 2 is 1.95 bits per heavy atom. The summed E-state index contributed by atoms with van der Waals surface area (Å²) >= 11 is 1.60. The summed E-state index contributed by atoms with van der Waals surface area (Å²) in [6, 6.07) is 6.94. The molecule has 2 bridgehead atoms. The Morgan fingerprint density at radius 1 is 1.18 bits per heavy atom. The Kier molecular flexibility index (Phi) is 8.64. The lowest BCUT2D eigenvalue weighted by molar-refractivity contribution is -0.141. The zero-order chi connectivity index (χ0) is 28.6. The molecule has 1 aliphatic carbocycles. The van der Waals surface area contributed by atoms with E-state index in [0.29, 0.717) is 30.6 Å². The first-order valence-electron chi connectivity index (χ1n) is 14.9. The molecule has 3 aliphatic heterocycles. The molecule has 8 atom stereocenters. The molecule has 8 nitrogen and oxygen atoms in total. The van der Waals surface area contributed by atoms with Gasteiger partial charge >= 0.3 is 0 Å². The van der Waals surface area contributed by atoms with Crippen LogP contribution in [0, 0.1) is 23.7 Å². The van der Waals surface area contributed by atoms with Crippen molar-refractivity contribution >= 4 is 35.2 Å². The van der Waals surface area contributed by atoms with Crippen LogP contribution in [-0.4, -0.2) is 83.7 Å². The average Bonchev–Trinajstić information content (AvgIpc) is 3.59. The van der Waals surface area contributed by atoms with Crippen molar-refractivity contribution in [3.8, 4) is 0 Å². The van der Waals surface area contributed by atoms with Gasteiger partial charge in [-0.25, -0.2) is 0 Å². The van der Waals surface area contributed by atoms with Gasteiger partial charge in [-0.2, -0.15) is 0 Å². The second-order valence-corrected chi connectivity index (χ2v) is 12.7. The van der Waals surface area contributed by atoms with Crippen molar-refractivity contribution in [3.05, 3.63) is 36.4 Å². The van der Waals surface area contributed by atoms with Crippen LogP contribution in [-0.2, 0) is 19.1 Å². The fraction of sp³-hybridized carbons (Fsp3) is 0.645. The number of fused-ring (bicyclic) bond motifs is 1. The lowest BCUT2D eigenvalue weighted by Crippen LogP contribution is -2.58. The molecule has 0 unspecified atom stereocenters. The molecule has 9 heteroatoms. The first-order chi connectivity index (χ1) is 19.2. The van der Waals surface area contributed by atoms with Crippen LogP contribution in [0.4, 0.5) is 5.69 Å². The number of rotatable bonds is 10. The largest absolute Gasteiger partial charge is 0.359 e. The summed E-state index contributed by atoms with van der Waals surface area (Å²) in [5, 5.41) is 6.36. The number of carbonyl (C=O) groups is 3. The molecule has 0 aromatic heterocycles. The van der Waals surface area contributed by atoms with E-state index in [9.17, 15) is 14.4 Å². The minimum absolute atomic E-state index is 0.0665. The Bertz CT molecular complexity index is 1160. The number of nitrogens with one attached hydrogen (secondary N) is 2. The molecular weight excluding hydrogens is 524 g/mol. The van der Waals surface area contributed by atoms with E-state index in [4.69, 9.17) is 4.74 Å². The van der Waals surface area contributed by atoms with Gasteiger partial charge < -0.3 is 25.2 Å². The maximum absolute atomic E-state index is 14.2. The summed E-state index contributed by atoms with van der Waals surface area (Å²) in [5.41, 5.74) is -0.446. The highest BCUT2D eigenvalue weighted by Crippen LogP contribution is 2.55. The van der Waals surface area contributed by atoms with E-state index in [1.807, 2.05) is 42.7 Å². The number of ether oxygens (including phenoxy) is 1. The normalized spacial score (nSPS) is 34.4. The third kappa shape index (κ3) is 5.09. The van der Waals surface area contributed by atoms with Crippen molar-refractivity contribution in [2.45, 2.75) is 75.6 Å². The SMILES string of the molecule is CCN(CC)CCN1C(=O)[C@@H]2[C@H](C(=O)Nc3cccc(SC)c3)[C@@H]3C=C[C@@]2(O3)[C@@H]1C(=O)N[C@@H]1CCC[C@H](C)[C@H]1C. The zero-order valence-electron chi connectivity index (χ0n) is 24.4. The fourth-order valence-corrected chi connectivity index (χ4v) is 7.73. The number of amides is 3. The molecule has 3 fully saturated rings. The first kappa shape index (κ1) is 29.1. The van der Waals surface area contributed by atoms with Crippen LogP contribution in [0.3, 0.4) is 0 Å². The van der Waals surface area contributed by atoms with Crippen LogP contribution >= 0.6 is 11.8 Å². The molecule has 2 saturated heterocycles. The molecule has 2 N–H and O–H groups in total. The fourth-order valence-electron chi connectivity index (χ4n) is 7.27. The topological polar surface area (TPSA) is 91.0 Å². The minimum Gasteiger partial charge on any atom is -0.359 e. The monoisotopic (exact) mass is 568 g/mol. The quantitative estimate of drug-likeness (QED) is 0.330. The third-order valence-corrected chi connectivity index (χ3v) is 10.6. The molecule has 218 valence electrons. The highest BCUT2D eigenvalue weighted by Gasteiger charge is 2.72. The van der Waals surface area contributed by atoms with Gasteiger partial charge in [-0.15, -0.1) is 11.8 Å². The summed E-state index contributed by atoms with van der Waals surface area (Å²) in [7, 11) is 0. The number of hydrogen-bond donors (Lipinski definition) is 2. The highest BCUT2D eigenvalue weighted by atomic mass is 32.2. The van der Waals surface area contributed by atoms with E-state index in [1.54, 1.807) is 16.7 Å². The molecule has 1 aromatic carbocycles. The predicted octanol–water partition coefficient (Wildman–Crippen LogP) is 3.78. The number of hydrogen-bond acceptors (Lipinski definition) is 6. The first-order valence-corrected chi connectivity index (χ1v) is 16.1. The molecule has 1 aromatic rings. The molecule has 0 radical (unpaired) electrons. The summed E-state index contributed by atoms with van der Waals surface area (Å²) in [4.78, 5) is 47.0. The molecule has 3 amide bonds. The summed E-state index contributed by atoms with van der Waals surface area (Å²) in [6.45, 7) is 11.4. The van der Waals surface area contributed by atoms with Gasteiger partial charge in [-0.1, -0.05) is 58.8 Å². The molecule has 5 rings (SSSR count). The van der Waals surface area contributed by atoms with Gasteiger partial charge in [-0.3, -0.25) is 14.4 Å². The van der Waals surface area contributed by atoms with Crippen LogP contribution in [0.5, 0.6) is 0 Å². The summed E-state index contributed by atoms with van der Waals surface area (Å²) < 4.78 is 6.52. The van der Waals surface area contributed by atoms with Gasteiger partial charge in [0.05, 0.1) is 17.9 Å². The second kappa shape index (κ2) is 11.9. The number of carbonyl (C=O) groups excluding carboxylic acids is 3. The number of anilines is 1. The van der Waals surface area contributed by atoms with Gasteiger partial charge in [0.1, 0.15) is 11.6 Å². The Hall–Kier alpha value is -2.36. The number of likely N-dealkylation sites (N-methyl/N-ethyl adjacent to an activating group) is 1. The zero-order valence-corrected chi connectivity index (χ0v) is 25.2. The molecule has 1 saturated carbocycles. The predicted molar refractivity (Wildman–Crippen MR) is 158 cm³/mol. The second-order valence-electron chi connectivity index (χ2n) is 11.9. The third-order valence-electron chi connectivity index (χ3n) is 9.85. The average molecular weight is 569 g/mol. The van der Waals surface area contributed by atoms with Gasteiger partial charge in [-0.05, 0) is 55.8 Å². The smallest absolute Gasteiger partial charge is 0.246 e. The Morgan fingerprint density at radius 3 is 2.67 bits per heavy atom. The molecule has 40 heavy (non-hydrogen) atoms. The number of likely N-dealkylation sites (tertiary alicyclic amines) is 1. The molecular formula is C31H44N4O4S. The molecule has 1 spiro atoms. The van der Waals surface area contributed by atoms with Gasteiger partial charge in [0.15, 0.2) is 0 Å². The standard InChI is InChI=1S/C31H44N4O4S/c1-6-34(7-2)16-17-35-27(29(37)33-23-13-8-10-19(3)20(23)4)31-15-14-24(39-31)25(26(31)30(35)38)28(36)32-21-11-9-12-22(18-21)40-5/h9,11-12,14-15,18-20,23-27H,6-8,10,13,16-17H2,1-5H3,(H,32,36)(H,33,37)/t19-,20+,23+,24-,25+,26-,27-,31-/m0/s1. The van der Waals surface area contributed by atoms with Crippen LogP contribution in [0.25, 0.3) is 0 Å². The van der Waals surface area contributed by atoms with Gasteiger partial charge in [0, 0.05) is 29.7 Å². The molecule has 3 heterocycles. The van der Waals surface area contributed by atoms with Crippen LogP contribution in [0.2, 0.25) is 0 Å². The van der Waals surface area contributed by atoms with E-state index in [2.05, 4.69) is 43.2 Å². The van der Waals surface area contributed by atoms with Gasteiger partial charge in [0.25, 0.3) is 0 Å². The molecule has 4 aliphatic rings. The Labute approximate surface area is 242 Å². The summed E-state index contributed by atoms with van der Waals surface area (Å²) in [5.74, 6) is -1.11. The van der Waals surface area contributed by atoms with E-state index >= 15 is 0 Å². The highest BCUT2D eigenvalue weighted by molar-refractivity contribution is 7.98. The lowest BCUT2D eigenvalue weighted by atomic mass is 9.73.